The molecule has 1 N–H and O–H groups in total. The van der Waals surface area contributed by atoms with E-state index in [9.17, 15) is 4.79 Å². The number of likely N-dealkylation sites (tertiary alicyclic amines) is 1. The molecule has 0 radical (unpaired) electrons. The zero-order valence-electron chi connectivity index (χ0n) is 15.6. The summed E-state index contributed by atoms with van der Waals surface area (Å²) in [6.45, 7) is 6.46. The summed E-state index contributed by atoms with van der Waals surface area (Å²) in [6.07, 6.45) is 1.96. The van der Waals surface area contributed by atoms with Crippen molar-refractivity contribution in [1.82, 2.24) is 25.0 Å². The predicted octanol–water partition coefficient (Wildman–Crippen LogP) is 2.61. The molecule has 2 aliphatic heterocycles. The minimum Gasteiger partial charge on any atom is -0.342 e. The van der Waals surface area contributed by atoms with Gasteiger partial charge in [0.15, 0.2) is 0 Å². The fourth-order valence-corrected chi connectivity index (χ4v) is 4.68. The molecule has 2 aliphatic rings. The number of aryl methyl sites for hydroxylation is 1. The average Bonchev–Trinajstić information content (AvgIpc) is 3.11. The number of nitrogens with zero attached hydrogens (tertiary/aromatic N) is 4. The third kappa shape index (κ3) is 4.47. The van der Waals surface area contributed by atoms with E-state index < -0.39 is 0 Å². The molecule has 0 spiro atoms. The highest BCUT2D eigenvalue weighted by Gasteiger charge is 2.28. The summed E-state index contributed by atoms with van der Waals surface area (Å²) >= 11 is 1.64. The number of nitrogens with one attached hydrogen (secondary N) is 1. The summed E-state index contributed by atoms with van der Waals surface area (Å²) in [5.41, 5.74) is 1.23. The summed E-state index contributed by atoms with van der Waals surface area (Å²) in [6, 6.07) is 8.24. The van der Waals surface area contributed by atoms with Gasteiger partial charge >= 0.3 is 0 Å². The zero-order valence-corrected chi connectivity index (χ0v) is 17.2. The summed E-state index contributed by atoms with van der Waals surface area (Å²) < 4.78 is 2.27. The topological polar surface area (TPSA) is 63.1 Å². The number of carbonyl (C=O) groups is 1. The van der Waals surface area contributed by atoms with Crippen LogP contribution in [-0.2, 0) is 17.9 Å². The first kappa shape index (κ1) is 20.2. The van der Waals surface area contributed by atoms with Crippen molar-refractivity contribution in [3.63, 3.8) is 0 Å². The van der Waals surface area contributed by atoms with Gasteiger partial charge in [-0.3, -0.25) is 4.79 Å². The fraction of sp³-hybridized carbons (Fsp3) is 0.526. The van der Waals surface area contributed by atoms with Gasteiger partial charge in [-0.05, 0) is 31.4 Å². The van der Waals surface area contributed by atoms with Crippen molar-refractivity contribution in [1.29, 1.82) is 0 Å². The third-order valence-corrected chi connectivity index (χ3v) is 6.47. The van der Waals surface area contributed by atoms with Crippen molar-refractivity contribution >= 4 is 30.1 Å². The van der Waals surface area contributed by atoms with E-state index in [1.165, 1.54) is 10.5 Å². The van der Waals surface area contributed by atoms with Gasteiger partial charge in [-0.25, -0.2) is 0 Å². The molecule has 0 aliphatic carbocycles. The van der Waals surface area contributed by atoms with Gasteiger partial charge in [0.2, 0.25) is 5.91 Å². The van der Waals surface area contributed by atoms with Crippen LogP contribution in [0, 0.1) is 6.92 Å². The van der Waals surface area contributed by atoms with Gasteiger partial charge in [0.25, 0.3) is 0 Å². The number of benzene rings is 1. The van der Waals surface area contributed by atoms with Crippen molar-refractivity contribution in [2.75, 3.05) is 25.4 Å². The molecular formula is C19H26ClN5OS. The average molecular weight is 408 g/mol. The van der Waals surface area contributed by atoms with Crippen LogP contribution in [0.15, 0.2) is 29.2 Å². The molecular weight excluding hydrogens is 382 g/mol. The Morgan fingerprint density at radius 2 is 2.00 bits per heavy atom. The number of piperidine rings is 1. The van der Waals surface area contributed by atoms with Crippen LogP contribution in [0.5, 0.6) is 0 Å². The minimum absolute atomic E-state index is 0. The van der Waals surface area contributed by atoms with Gasteiger partial charge in [-0.1, -0.05) is 18.2 Å². The van der Waals surface area contributed by atoms with Crippen LogP contribution >= 0.6 is 24.2 Å². The number of hydrogen-bond donors (Lipinski definition) is 1. The lowest BCUT2D eigenvalue weighted by atomic mass is 9.95. The van der Waals surface area contributed by atoms with Crippen LogP contribution in [0.2, 0.25) is 0 Å². The molecule has 0 bridgehead atoms. The summed E-state index contributed by atoms with van der Waals surface area (Å²) in [5, 5.41) is 12.1. The summed E-state index contributed by atoms with van der Waals surface area (Å²) in [4.78, 5) is 15.8. The van der Waals surface area contributed by atoms with Crippen LogP contribution in [-0.4, -0.2) is 51.0 Å². The molecule has 146 valence electrons. The van der Waals surface area contributed by atoms with Crippen LogP contribution in [0.25, 0.3) is 0 Å². The molecule has 2 aromatic rings. The summed E-state index contributed by atoms with van der Waals surface area (Å²) in [7, 11) is 0. The molecule has 0 atom stereocenters. The maximum Gasteiger partial charge on any atom is 0.232 e. The van der Waals surface area contributed by atoms with Crippen LogP contribution < -0.4 is 5.32 Å². The van der Waals surface area contributed by atoms with Gasteiger partial charge in [0, 0.05) is 37.0 Å². The molecule has 1 aromatic carbocycles. The number of thioether (sulfide) groups is 1. The Bertz CT molecular complexity index is 788. The fourth-order valence-electron chi connectivity index (χ4n) is 3.75. The Kier molecular flexibility index (Phi) is 6.78. The highest BCUT2D eigenvalue weighted by atomic mass is 35.5. The molecule has 1 amide bonds. The number of hydrogen-bond acceptors (Lipinski definition) is 5. The van der Waals surface area contributed by atoms with Gasteiger partial charge in [0.1, 0.15) is 11.6 Å². The maximum absolute atomic E-state index is 12.6. The number of carbonyl (C=O) groups excluding carboxylic acids is 1. The van der Waals surface area contributed by atoms with Gasteiger partial charge in [-0.15, -0.1) is 34.4 Å². The number of fused-ring (bicyclic) bond motifs is 1. The maximum atomic E-state index is 12.6. The molecule has 3 heterocycles. The van der Waals surface area contributed by atoms with E-state index in [4.69, 9.17) is 0 Å². The molecule has 1 fully saturated rings. The Hall–Kier alpha value is -1.57. The Morgan fingerprint density at radius 3 is 2.78 bits per heavy atom. The standard InChI is InChI=1S/C19H25N5OS.ClH/c1-14-4-2-3-5-16(14)26-13-18(25)23-9-6-15(7-10-23)19-22-21-17-12-20-8-11-24(17)19;/h2-5,15,20H,6-13H2,1H3;1H. The summed E-state index contributed by atoms with van der Waals surface area (Å²) in [5.74, 6) is 3.33. The molecule has 1 aromatic heterocycles. The van der Waals surface area contributed by atoms with Crippen LogP contribution in [0.3, 0.4) is 0 Å². The SMILES string of the molecule is Cc1ccccc1SCC(=O)N1CCC(c2nnc3n2CCNC3)CC1.Cl. The van der Waals surface area contributed by atoms with Crippen molar-refractivity contribution in [3.8, 4) is 0 Å². The van der Waals surface area contributed by atoms with Crippen molar-refractivity contribution < 1.29 is 4.79 Å². The Morgan fingerprint density at radius 1 is 1.22 bits per heavy atom. The lowest BCUT2D eigenvalue weighted by Crippen LogP contribution is -2.39. The van der Waals surface area contributed by atoms with E-state index in [0.29, 0.717) is 11.7 Å². The van der Waals surface area contributed by atoms with E-state index in [1.807, 2.05) is 17.0 Å². The van der Waals surface area contributed by atoms with E-state index in [-0.39, 0.29) is 18.3 Å². The number of amides is 1. The minimum atomic E-state index is 0. The first-order valence-electron chi connectivity index (χ1n) is 9.31. The molecule has 1 saturated heterocycles. The molecule has 8 heteroatoms. The van der Waals surface area contributed by atoms with E-state index in [0.717, 1.165) is 57.2 Å². The van der Waals surface area contributed by atoms with Crippen molar-refractivity contribution in [2.45, 2.75) is 43.7 Å². The highest BCUT2D eigenvalue weighted by molar-refractivity contribution is 8.00. The smallest absolute Gasteiger partial charge is 0.232 e. The Labute approximate surface area is 170 Å². The second kappa shape index (κ2) is 9.08. The van der Waals surface area contributed by atoms with Gasteiger partial charge in [0.05, 0.1) is 12.3 Å². The van der Waals surface area contributed by atoms with Crippen LogP contribution in [0.4, 0.5) is 0 Å². The van der Waals surface area contributed by atoms with E-state index >= 15 is 0 Å². The monoisotopic (exact) mass is 407 g/mol. The van der Waals surface area contributed by atoms with Gasteiger partial charge in [-0.2, -0.15) is 0 Å². The second-order valence-electron chi connectivity index (χ2n) is 7.01. The normalized spacial score (nSPS) is 17.3. The Balaban J connectivity index is 0.00000210. The molecule has 6 nitrogen and oxygen atoms in total. The lowest BCUT2D eigenvalue weighted by Gasteiger charge is -2.32. The second-order valence-corrected chi connectivity index (χ2v) is 8.03. The lowest BCUT2D eigenvalue weighted by molar-refractivity contribution is -0.129. The zero-order chi connectivity index (χ0) is 17.9. The molecule has 0 saturated carbocycles. The predicted molar refractivity (Wildman–Crippen MR) is 109 cm³/mol. The number of rotatable bonds is 4. The first-order chi connectivity index (χ1) is 12.7. The molecule has 4 rings (SSSR count). The number of halogens is 1. The van der Waals surface area contributed by atoms with E-state index in [2.05, 4.69) is 39.1 Å². The highest BCUT2D eigenvalue weighted by Crippen LogP contribution is 2.29. The molecule has 0 unspecified atom stereocenters. The van der Waals surface area contributed by atoms with Crippen LogP contribution in [0.1, 0.15) is 36.0 Å². The van der Waals surface area contributed by atoms with Crippen molar-refractivity contribution in [2.24, 2.45) is 0 Å². The van der Waals surface area contributed by atoms with Gasteiger partial charge < -0.3 is 14.8 Å². The van der Waals surface area contributed by atoms with E-state index in [1.54, 1.807) is 11.8 Å². The quantitative estimate of drug-likeness (QED) is 0.789. The van der Waals surface area contributed by atoms with Crippen molar-refractivity contribution in [3.05, 3.63) is 41.5 Å². The molecule has 27 heavy (non-hydrogen) atoms. The first-order valence-corrected chi connectivity index (χ1v) is 10.3. The third-order valence-electron chi connectivity index (χ3n) is 5.31. The largest absolute Gasteiger partial charge is 0.342 e. The number of aromatic nitrogens is 3.